The Morgan fingerprint density at radius 3 is 2.46 bits per heavy atom. The van der Waals surface area contributed by atoms with Crippen molar-refractivity contribution in [2.24, 2.45) is 0 Å². The van der Waals surface area contributed by atoms with Crippen LogP contribution in [0.3, 0.4) is 0 Å². The molecule has 5 nitrogen and oxygen atoms in total. The zero-order chi connectivity index (χ0) is 10.3. The van der Waals surface area contributed by atoms with Crippen LogP contribution in [0.1, 0.15) is 20.3 Å². The van der Waals surface area contributed by atoms with E-state index in [1.165, 1.54) is 0 Å². The molecular weight excluding hydrogens is 170 g/mol. The van der Waals surface area contributed by atoms with Crippen LogP contribution in [0, 0.1) is 0 Å². The van der Waals surface area contributed by atoms with Crippen LogP contribution in [0.4, 0.5) is 4.79 Å². The second kappa shape index (κ2) is 6.28. The zero-order valence-corrected chi connectivity index (χ0v) is 8.31. The number of amides is 3. The van der Waals surface area contributed by atoms with Gasteiger partial charge in [-0.3, -0.25) is 4.79 Å². The van der Waals surface area contributed by atoms with Crippen LogP contribution in [-0.4, -0.2) is 31.6 Å². The maximum absolute atomic E-state index is 10.8. The van der Waals surface area contributed by atoms with Gasteiger partial charge in [-0.25, -0.2) is 4.79 Å². The molecule has 0 aliphatic rings. The maximum Gasteiger partial charge on any atom is 0.314 e. The van der Waals surface area contributed by atoms with E-state index in [4.69, 9.17) is 0 Å². The third-order valence-electron chi connectivity index (χ3n) is 1.53. The molecule has 0 bridgehead atoms. The highest BCUT2D eigenvalue weighted by Gasteiger charge is 2.05. The lowest BCUT2D eigenvalue weighted by atomic mass is 10.3. The molecule has 0 aromatic carbocycles. The largest absolute Gasteiger partial charge is 0.354 e. The van der Waals surface area contributed by atoms with Gasteiger partial charge in [0.1, 0.15) is 0 Å². The summed E-state index contributed by atoms with van der Waals surface area (Å²) in [4.78, 5) is 21.6. The Morgan fingerprint density at radius 1 is 1.38 bits per heavy atom. The third kappa shape index (κ3) is 5.95. The summed E-state index contributed by atoms with van der Waals surface area (Å²) < 4.78 is 0. The fourth-order valence-corrected chi connectivity index (χ4v) is 0.739. The lowest BCUT2D eigenvalue weighted by Crippen LogP contribution is -2.44. The Kier molecular flexibility index (Phi) is 5.67. The van der Waals surface area contributed by atoms with Gasteiger partial charge in [0.15, 0.2) is 0 Å². The molecule has 3 amide bonds. The second-order valence-corrected chi connectivity index (χ2v) is 2.78. The van der Waals surface area contributed by atoms with E-state index in [0.717, 1.165) is 0 Å². The smallest absolute Gasteiger partial charge is 0.314 e. The monoisotopic (exact) mass is 187 g/mol. The van der Waals surface area contributed by atoms with E-state index in [-0.39, 0.29) is 18.0 Å². The molecule has 0 saturated heterocycles. The lowest BCUT2D eigenvalue weighted by Gasteiger charge is -2.13. The summed E-state index contributed by atoms with van der Waals surface area (Å²) in [5, 5.41) is 7.76. The highest BCUT2D eigenvalue weighted by atomic mass is 16.2. The number of rotatable bonds is 4. The van der Waals surface area contributed by atoms with E-state index in [2.05, 4.69) is 16.0 Å². The van der Waals surface area contributed by atoms with Crippen LogP contribution in [-0.2, 0) is 4.79 Å². The first-order valence-corrected chi connectivity index (χ1v) is 4.35. The van der Waals surface area contributed by atoms with E-state index in [0.29, 0.717) is 13.0 Å². The van der Waals surface area contributed by atoms with E-state index in [9.17, 15) is 9.59 Å². The number of carbonyl (C=O) groups is 2. The van der Waals surface area contributed by atoms with Crippen LogP contribution in [0.15, 0.2) is 0 Å². The first kappa shape index (κ1) is 11.7. The van der Waals surface area contributed by atoms with Crippen LogP contribution in [0.2, 0.25) is 0 Å². The second-order valence-electron chi connectivity index (χ2n) is 2.78. The van der Waals surface area contributed by atoms with Gasteiger partial charge in [0.05, 0.1) is 0 Å². The highest BCUT2D eigenvalue weighted by molar-refractivity contribution is 5.76. The first-order chi connectivity index (χ1) is 6.10. The Balaban J connectivity index is 3.56. The molecule has 0 aromatic heterocycles. The van der Waals surface area contributed by atoms with Gasteiger partial charge in [-0.2, -0.15) is 0 Å². The summed E-state index contributed by atoms with van der Waals surface area (Å²) in [6, 6.07) is -0.298. The van der Waals surface area contributed by atoms with E-state index in [1.54, 1.807) is 14.0 Å². The standard InChI is InChI=1S/C8H17N3O2/c1-4-7(12)10-5-6(2)11-8(13)9-3/h6H,4-5H2,1-3H3,(H,10,12)(H2,9,11,13)/t6-/m0/s1. The molecule has 3 N–H and O–H groups in total. The average Bonchev–Trinajstić information content (AvgIpc) is 2.13. The molecule has 0 aliphatic heterocycles. The predicted octanol–water partition coefficient (Wildman–Crippen LogP) is -0.170. The minimum absolute atomic E-state index is 0.00874. The summed E-state index contributed by atoms with van der Waals surface area (Å²) in [7, 11) is 1.55. The Bertz CT molecular complexity index is 182. The molecule has 0 aliphatic carbocycles. The van der Waals surface area contributed by atoms with Gasteiger partial charge < -0.3 is 16.0 Å². The number of hydrogen-bond acceptors (Lipinski definition) is 2. The summed E-state index contributed by atoms with van der Waals surface area (Å²) in [6.45, 7) is 4.07. The van der Waals surface area contributed by atoms with Crippen molar-refractivity contribution in [3.8, 4) is 0 Å². The Hall–Kier alpha value is -1.26. The van der Waals surface area contributed by atoms with E-state index < -0.39 is 0 Å². The number of nitrogens with one attached hydrogen (secondary N) is 3. The van der Waals surface area contributed by atoms with Gasteiger partial charge in [0, 0.05) is 26.1 Å². The van der Waals surface area contributed by atoms with Crippen molar-refractivity contribution in [3.05, 3.63) is 0 Å². The van der Waals surface area contributed by atoms with Gasteiger partial charge >= 0.3 is 6.03 Å². The first-order valence-electron chi connectivity index (χ1n) is 4.35. The van der Waals surface area contributed by atoms with Gasteiger partial charge in [-0.15, -0.1) is 0 Å². The average molecular weight is 187 g/mol. The molecule has 1 atom stereocenters. The van der Waals surface area contributed by atoms with Crippen molar-refractivity contribution in [3.63, 3.8) is 0 Å². The molecule has 0 spiro atoms. The molecule has 0 radical (unpaired) electrons. The number of carbonyl (C=O) groups excluding carboxylic acids is 2. The Labute approximate surface area is 78.3 Å². The molecule has 5 heteroatoms. The molecular formula is C8H17N3O2. The Morgan fingerprint density at radius 2 is 2.00 bits per heavy atom. The molecule has 0 fully saturated rings. The molecule has 0 aromatic rings. The van der Waals surface area contributed by atoms with Crippen LogP contribution in [0.5, 0.6) is 0 Å². The van der Waals surface area contributed by atoms with Crippen LogP contribution >= 0.6 is 0 Å². The highest BCUT2D eigenvalue weighted by Crippen LogP contribution is 1.80. The maximum atomic E-state index is 10.8. The van der Waals surface area contributed by atoms with E-state index in [1.807, 2.05) is 6.92 Å². The fourth-order valence-electron chi connectivity index (χ4n) is 0.739. The fraction of sp³-hybridized carbons (Fsp3) is 0.750. The van der Waals surface area contributed by atoms with Crippen LogP contribution < -0.4 is 16.0 Å². The quantitative estimate of drug-likeness (QED) is 0.572. The topological polar surface area (TPSA) is 70.2 Å². The summed E-state index contributed by atoms with van der Waals surface area (Å²) in [6.07, 6.45) is 0.465. The molecule has 0 unspecified atom stereocenters. The van der Waals surface area contributed by atoms with Gasteiger partial charge in [0.25, 0.3) is 0 Å². The predicted molar refractivity (Wildman–Crippen MR) is 50.4 cm³/mol. The molecule has 0 rings (SSSR count). The normalized spacial score (nSPS) is 11.6. The van der Waals surface area contributed by atoms with Crippen LogP contribution in [0.25, 0.3) is 0 Å². The lowest BCUT2D eigenvalue weighted by molar-refractivity contribution is -0.120. The van der Waals surface area contributed by atoms with Gasteiger partial charge in [0.2, 0.25) is 5.91 Å². The number of urea groups is 1. The SMILES string of the molecule is CCC(=O)NC[C@H](C)NC(=O)NC. The minimum Gasteiger partial charge on any atom is -0.354 e. The third-order valence-corrected chi connectivity index (χ3v) is 1.53. The van der Waals surface area contributed by atoms with Crippen molar-refractivity contribution in [2.75, 3.05) is 13.6 Å². The van der Waals surface area contributed by atoms with Gasteiger partial charge in [-0.1, -0.05) is 6.92 Å². The molecule has 13 heavy (non-hydrogen) atoms. The minimum atomic E-state index is -0.238. The molecule has 0 saturated carbocycles. The van der Waals surface area contributed by atoms with Crippen molar-refractivity contribution in [1.29, 1.82) is 0 Å². The number of hydrogen-bond donors (Lipinski definition) is 3. The van der Waals surface area contributed by atoms with Gasteiger partial charge in [-0.05, 0) is 6.92 Å². The summed E-state index contributed by atoms with van der Waals surface area (Å²) in [5.41, 5.74) is 0. The summed E-state index contributed by atoms with van der Waals surface area (Å²) in [5.74, 6) is -0.00874. The van der Waals surface area contributed by atoms with E-state index >= 15 is 0 Å². The molecule has 0 heterocycles. The van der Waals surface area contributed by atoms with Crippen molar-refractivity contribution in [2.45, 2.75) is 26.3 Å². The van der Waals surface area contributed by atoms with Crippen molar-refractivity contribution in [1.82, 2.24) is 16.0 Å². The van der Waals surface area contributed by atoms with Crippen molar-refractivity contribution < 1.29 is 9.59 Å². The summed E-state index contributed by atoms with van der Waals surface area (Å²) >= 11 is 0. The molecule has 76 valence electrons. The zero-order valence-electron chi connectivity index (χ0n) is 8.31. The van der Waals surface area contributed by atoms with Crippen molar-refractivity contribution >= 4 is 11.9 Å².